The molecule has 14 heavy (non-hydrogen) atoms. The second kappa shape index (κ2) is 4.22. The number of carbonyl (C=O) groups is 1. The summed E-state index contributed by atoms with van der Waals surface area (Å²) >= 11 is 0. The van der Waals surface area contributed by atoms with Gasteiger partial charge in [-0.2, -0.15) is 0 Å². The molecule has 2 nitrogen and oxygen atoms in total. The first kappa shape index (κ1) is 10.7. The van der Waals surface area contributed by atoms with Crippen LogP contribution >= 0.6 is 0 Å². The maximum atomic E-state index is 13.3. The Morgan fingerprint density at radius 2 is 1.79 bits per heavy atom. The zero-order valence-electron chi connectivity index (χ0n) is 8.20. The summed E-state index contributed by atoms with van der Waals surface area (Å²) in [6, 6.07) is 6.72. The molecule has 0 saturated heterocycles. The summed E-state index contributed by atoms with van der Waals surface area (Å²) < 4.78 is 13.3. The predicted molar refractivity (Wildman–Crippen MR) is 52.0 cm³/mol. The van der Waals surface area contributed by atoms with Crippen molar-refractivity contribution in [3.8, 4) is 0 Å². The van der Waals surface area contributed by atoms with Crippen LogP contribution in [0.25, 0.3) is 0 Å². The number of hydrogen-bond acceptors (Lipinski definition) is 1. The molecule has 0 aliphatic carbocycles. The van der Waals surface area contributed by atoms with Gasteiger partial charge in [-0.3, -0.25) is 0 Å². The standard InChI is InChI=1S/C11H13FO2/c1-7(2)8-5-3-4-6-9(8)10(12)11(13)14/h3-7,10H,1-2H3,(H,13,14). The Hall–Kier alpha value is -1.38. The Kier molecular flexibility index (Phi) is 3.23. The van der Waals surface area contributed by atoms with E-state index in [1.165, 1.54) is 6.07 Å². The fraction of sp³-hybridized carbons (Fsp3) is 0.364. The first-order valence-corrected chi connectivity index (χ1v) is 4.49. The highest BCUT2D eigenvalue weighted by atomic mass is 19.1. The van der Waals surface area contributed by atoms with Crippen molar-refractivity contribution in [2.45, 2.75) is 25.9 Å². The minimum Gasteiger partial charge on any atom is -0.479 e. The van der Waals surface area contributed by atoms with Crippen LogP contribution < -0.4 is 0 Å². The van der Waals surface area contributed by atoms with Gasteiger partial charge in [-0.1, -0.05) is 38.1 Å². The molecule has 0 spiro atoms. The molecule has 0 heterocycles. The monoisotopic (exact) mass is 196 g/mol. The van der Waals surface area contributed by atoms with Crippen LogP contribution in [0.2, 0.25) is 0 Å². The Labute approximate surface area is 82.4 Å². The van der Waals surface area contributed by atoms with E-state index >= 15 is 0 Å². The second-order valence-corrected chi connectivity index (χ2v) is 3.48. The molecule has 0 aliphatic rings. The molecule has 3 heteroatoms. The van der Waals surface area contributed by atoms with Crippen LogP contribution in [0.15, 0.2) is 24.3 Å². The van der Waals surface area contributed by atoms with Crippen molar-refractivity contribution in [1.82, 2.24) is 0 Å². The first-order valence-electron chi connectivity index (χ1n) is 4.49. The molecule has 0 bridgehead atoms. The zero-order valence-corrected chi connectivity index (χ0v) is 8.20. The lowest BCUT2D eigenvalue weighted by Crippen LogP contribution is -2.09. The van der Waals surface area contributed by atoms with Crippen molar-refractivity contribution >= 4 is 5.97 Å². The number of hydrogen-bond donors (Lipinski definition) is 1. The molecule has 0 fully saturated rings. The smallest absolute Gasteiger partial charge is 0.343 e. The predicted octanol–water partition coefficient (Wildman–Crippen LogP) is 2.91. The van der Waals surface area contributed by atoms with Crippen LogP contribution in [0.4, 0.5) is 4.39 Å². The van der Waals surface area contributed by atoms with Gasteiger partial charge in [-0.05, 0) is 11.5 Å². The third-order valence-corrected chi connectivity index (χ3v) is 2.11. The maximum absolute atomic E-state index is 13.3. The molecular weight excluding hydrogens is 183 g/mol. The molecule has 76 valence electrons. The third kappa shape index (κ3) is 2.10. The molecule has 1 aromatic rings. The quantitative estimate of drug-likeness (QED) is 0.807. The molecule has 0 radical (unpaired) electrons. The van der Waals surface area contributed by atoms with Gasteiger partial charge in [0.1, 0.15) is 0 Å². The molecule has 1 atom stereocenters. The summed E-state index contributed by atoms with van der Waals surface area (Å²) in [5, 5.41) is 8.57. The third-order valence-electron chi connectivity index (χ3n) is 2.11. The number of aliphatic carboxylic acids is 1. The highest BCUT2D eigenvalue weighted by molar-refractivity contribution is 5.74. The SMILES string of the molecule is CC(C)c1ccccc1C(F)C(=O)O. The van der Waals surface area contributed by atoms with E-state index in [1.54, 1.807) is 18.2 Å². The molecular formula is C11H13FO2. The van der Waals surface area contributed by atoms with Crippen molar-refractivity contribution in [3.05, 3.63) is 35.4 Å². The Morgan fingerprint density at radius 3 is 2.21 bits per heavy atom. The minimum absolute atomic E-state index is 0.129. The van der Waals surface area contributed by atoms with E-state index in [0.717, 1.165) is 5.56 Å². The Morgan fingerprint density at radius 1 is 1.29 bits per heavy atom. The molecule has 0 amide bonds. The van der Waals surface area contributed by atoms with Gasteiger partial charge < -0.3 is 5.11 Å². The molecule has 0 aromatic heterocycles. The van der Waals surface area contributed by atoms with E-state index in [1.807, 2.05) is 13.8 Å². The van der Waals surface area contributed by atoms with Crippen LogP contribution in [-0.4, -0.2) is 11.1 Å². The summed E-state index contributed by atoms with van der Waals surface area (Å²) in [5.74, 6) is -1.30. The summed E-state index contributed by atoms with van der Waals surface area (Å²) in [6.07, 6.45) is -1.92. The highest BCUT2D eigenvalue weighted by Crippen LogP contribution is 2.27. The van der Waals surface area contributed by atoms with Crippen molar-refractivity contribution in [1.29, 1.82) is 0 Å². The summed E-state index contributed by atoms with van der Waals surface area (Å²) in [4.78, 5) is 10.5. The number of carboxylic acids is 1. The van der Waals surface area contributed by atoms with E-state index in [2.05, 4.69) is 0 Å². The van der Waals surface area contributed by atoms with Gasteiger partial charge in [0.25, 0.3) is 0 Å². The second-order valence-electron chi connectivity index (χ2n) is 3.48. The number of halogens is 1. The van der Waals surface area contributed by atoms with Crippen molar-refractivity contribution < 1.29 is 14.3 Å². The maximum Gasteiger partial charge on any atom is 0.343 e. The lowest BCUT2D eigenvalue weighted by atomic mass is 9.95. The average molecular weight is 196 g/mol. The van der Waals surface area contributed by atoms with Gasteiger partial charge in [0.15, 0.2) is 0 Å². The van der Waals surface area contributed by atoms with Crippen LogP contribution in [-0.2, 0) is 4.79 Å². The molecule has 1 N–H and O–H groups in total. The fourth-order valence-corrected chi connectivity index (χ4v) is 1.40. The van der Waals surface area contributed by atoms with E-state index in [-0.39, 0.29) is 11.5 Å². The van der Waals surface area contributed by atoms with Gasteiger partial charge >= 0.3 is 5.97 Å². The van der Waals surface area contributed by atoms with E-state index in [9.17, 15) is 9.18 Å². The van der Waals surface area contributed by atoms with Gasteiger partial charge in [-0.15, -0.1) is 0 Å². The Bertz CT molecular complexity index is 334. The molecule has 0 aliphatic heterocycles. The van der Waals surface area contributed by atoms with Crippen LogP contribution in [0, 0.1) is 0 Å². The lowest BCUT2D eigenvalue weighted by Gasteiger charge is -2.13. The van der Waals surface area contributed by atoms with E-state index < -0.39 is 12.1 Å². The van der Waals surface area contributed by atoms with Gasteiger partial charge in [-0.25, -0.2) is 9.18 Å². The zero-order chi connectivity index (χ0) is 10.7. The fourth-order valence-electron chi connectivity index (χ4n) is 1.40. The Balaban J connectivity index is 3.13. The number of benzene rings is 1. The number of carboxylic acid groups (broad SMARTS) is 1. The summed E-state index contributed by atoms with van der Waals surface area (Å²) in [7, 11) is 0. The largest absolute Gasteiger partial charge is 0.479 e. The van der Waals surface area contributed by atoms with Gasteiger partial charge in [0.05, 0.1) is 0 Å². The average Bonchev–Trinajstić information content (AvgIpc) is 2.16. The van der Waals surface area contributed by atoms with Crippen molar-refractivity contribution in [3.63, 3.8) is 0 Å². The lowest BCUT2D eigenvalue weighted by molar-refractivity contribution is -0.143. The molecule has 1 unspecified atom stereocenters. The molecule has 1 aromatic carbocycles. The number of alkyl halides is 1. The van der Waals surface area contributed by atoms with Crippen LogP contribution in [0.1, 0.15) is 37.1 Å². The minimum atomic E-state index is -1.92. The van der Waals surface area contributed by atoms with Gasteiger partial charge in [0, 0.05) is 5.56 Å². The van der Waals surface area contributed by atoms with E-state index in [0.29, 0.717) is 0 Å². The normalized spacial score (nSPS) is 12.9. The van der Waals surface area contributed by atoms with Crippen molar-refractivity contribution in [2.75, 3.05) is 0 Å². The molecule has 0 saturated carbocycles. The van der Waals surface area contributed by atoms with Crippen molar-refractivity contribution in [2.24, 2.45) is 0 Å². The van der Waals surface area contributed by atoms with E-state index in [4.69, 9.17) is 5.11 Å². The highest BCUT2D eigenvalue weighted by Gasteiger charge is 2.21. The van der Waals surface area contributed by atoms with Crippen LogP contribution in [0.5, 0.6) is 0 Å². The van der Waals surface area contributed by atoms with Gasteiger partial charge in [0.2, 0.25) is 6.17 Å². The first-order chi connectivity index (χ1) is 6.54. The summed E-state index contributed by atoms with van der Waals surface area (Å²) in [6.45, 7) is 3.82. The number of rotatable bonds is 3. The topological polar surface area (TPSA) is 37.3 Å². The van der Waals surface area contributed by atoms with Crippen LogP contribution in [0.3, 0.4) is 0 Å². The summed E-state index contributed by atoms with van der Waals surface area (Å²) in [5.41, 5.74) is 1.01. The molecule has 1 rings (SSSR count).